The van der Waals surface area contributed by atoms with E-state index >= 15 is 0 Å². The summed E-state index contributed by atoms with van der Waals surface area (Å²) in [5, 5.41) is 10.7. The van der Waals surface area contributed by atoms with Gasteiger partial charge in [0.05, 0.1) is 11.1 Å². The second-order valence-corrected chi connectivity index (χ2v) is 6.37. The molecule has 3 aromatic rings. The molecule has 1 aliphatic heterocycles. The van der Waals surface area contributed by atoms with Crippen LogP contribution in [0.5, 0.6) is 0 Å². The molecule has 0 radical (unpaired) electrons. The van der Waals surface area contributed by atoms with Gasteiger partial charge in [-0.25, -0.2) is 4.79 Å². The van der Waals surface area contributed by atoms with Crippen molar-refractivity contribution in [1.82, 2.24) is 9.47 Å². The van der Waals surface area contributed by atoms with Crippen LogP contribution in [0.1, 0.15) is 26.3 Å². The second-order valence-electron chi connectivity index (χ2n) is 6.37. The molecule has 0 bridgehead atoms. The molecule has 0 saturated carbocycles. The number of carbonyl (C=O) groups is 3. The first-order valence-electron chi connectivity index (χ1n) is 8.21. The average Bonchev–Trinajstić information content (AvgIpc) is 3.09. The van der Waals surface area contributed by atoms with Crippen molar-refractivity contribution in [3.8, 4) is 0 Å². The Labute approximate surface area is 149 Å². The van der Waals surface area contributed by atoms with E-state index in [1.54, 1.807) is 24.3 Å². The highest BCUT2D eigenvalue weighted by Gasteiger charge is 2.42. The van der Waals surface area contributed by atoms with Crippen LogP contribution in [0.15, 0.2) is 54.7 Å². The lowest BCUT2D eigenvalue weighted by molar-refractivity contribution is -0.141. The van der Waals surface area contributed by atoms with Gasteiger partial charge in [-0.3, -0.25) is 14.5 Å². The topological polar surface area (TPSA) is 79.6 Å². The molecule has 0 saturated heterocycles. The first-order chi connectivity index (χ1) is 12.5. The summed E-state index contributed by atoms with van der Waals surface area (Å²) < 4.78 is 1.91. The molecule has 2 aromatic carbocycles. The lowest BCUT2D eigenvalue weighted by Gasteiger charge is -2.22. The van der Waals surface area contributed by atoms with E-state index in [0.29, 0.717) is 0 Å². The van der Waals surface area contributed by atoms with Gasteiger partial charge in [-0.05, 0) is 23.8 Å². The van der Waals surface area contributed by atoms with E-state index in [1.807, 2.05) is 42.1 Å². The van der Waals surface area contributed by atoms with Gasteiger partial charge in [-0.15, -0.1) is 0 Å². The zero-order valence-corrected chi connectivity index (χ0v) is 14.0. The summed E-state index contributed by atoms with van der Waals surface area (Å²) in [5.74, 6) is -2.32. The number of carboxylic acid groups (broad SMARTS) is 1. The van der Waals surface area contributed by atoms with E-state index in [-0.39, 0.29) is 17.5 Å². The Hall–Kier alpha value is -3.41. The fourth-order valence-electron chi connectivity index (χ4n) is 3.58. The zero-order valence-electron chi connectivity index (χ0n) is 14.0. The maximum Gasteiger partial charge on any atom is 0.327 e. The van der Waals surface area contributed by atoms with Gasteiger partial charge in [0, 0.05) is 30.6 Å². The number of aliphatic carboxylic acids is 1. The van der Waals surface area contributed by atoms with Crippen molar-refractivity contribution in [2.45, 2.75) is 12.5 Å². The standard InChI is InChI=1S/C20H16N2O4/c1-21-11-12(13-6-4-5-9-16(13)21)10-17(20(25)26)22-18(23)14-7-2-3-8-15(14)19(22)24/h2-9,11,17H,10H2,1H3,(H,25,26). The molecule has 130 valence electrons. The number of benzene rings is 2. The maximum absolute atomic E-state index is 12.6. The summed E-state index contributed by atoms with van der Waals surface area (Å²) in [6.45, 7) is 0. The Bertz CT molecular complexity index is 1030. The maximum atomic E-state index is 12.6. The number of amides is 2. The SMILES string of the molecule is Cn1cc(CC(C(=O)O)N2C(=O)c3ccccc3C2=O)c2ccccc21. The molecule has 1 atom stereocenters. The molecule has 2 heterocycles. The van der Waals surface area contributed by atoms with Gasteiger partial charge in [0.15, 0.2) is 0 Å². The number of carboxylic acids is 1. The molecule has 26 heavy (non-hydrogen) atoms. The number of aromatic nitrogens is 1. The molecule has 1 aromatic heterocycles. The van der Waals surface area contributed by atoms with Crippen LogP contribution < -0.4 is 0 Å². The van der Waals surface area contributed by atoms with Crippen molar-refractivity contribution >= 4 is 28.7 Å². The summed E-state index contributed by atoms with van der Waals surface area (Å²) >= 11 is 0. The van der Waals surface area contributed by atoms with E-state index in [1.165, 1.54) is 0 Å². The normalized spacial score (nSPS) is 14.7. The van der Waals surface area contributed by atoms with Crippen LogP contribution in [0.25, 0.3) is 10.9 Å². The predicted octanol–water partition coefficient (Wildman–Crippen LogP) is 2.47. The van der Waals surface area contributed by atoms with Crippen LogP contribution >= 0.6 is 0 Å². The van der Waals surface area contributed by atoms with Crippen LogP contribution in [-0.4, -0.2) is 38.4 Å². The fourth-order valence-corrected chi connectivity index (χ4v) is 3.58. The molecule has 6 heteroatoms. The molecular weight excluding hydrogens is 332 g/mol. The number of nitrogens with zero attached hydrogens (tertiary/aromatic N) is 2. The highest BCUT2D eigenvalue weighted by molar-refractivity contribution is 6.22. The molecule has 0 fully saturated rings. The largest absolute Gasteiger partial charge is 0.480 e. The minimum absolute atomic E-state index is 0.0577. The monoisotopic (exact) mass is 348 g/mol. The fraction of sp³-hybridized carbons (Fsp3) is 0.150. The highest BCUT2D eigenvalue weighted by atomic mass is 16.4. The Morgan fingerprint density at radius 3 is 2.19 bits per heavy atom. The van der Waals surface area contributed by atoms with Gasteiger partial charge in [-0.2, -0.15) is 0 Å². The van der Waals surface area contributed by atoms with Gasteiger partial charge in [0.1, 0.15) is 6.04 Å². The minimum Gasteiger partial charge on any atom is -0.480 e. The number of hydrogen-bond donors (Lipinski definition) is 1. The number of aryl methyl sites for hydroxylation is 1. The molecule has 4 rings (SSSR count). The van der Waals surface area contributed by atoms with Crippen molar-refractivity contribution in [3.63, 3.8) is 0 Å². The van der Waals surface area contributed by atoms with Crippen molar-refractivity contribution in [2.75, 3.05) is 0 Å². The van der Waals surface area contributed by atoms with E-state index in [2.05, 4.69) is 0 Å². The number of fused-ring (bicyclic) bond motifs is 2. The molecule has 0 aliphatic carbocycles. The number of carbonyl (C=O) groups excluding carboxylic acids is 2. The number of imide groups is 1. The lowest BCUT2D eigenvalue weighted by Crippen LogP contribution is -2.46. The summed E-state index contributed by atoms with van der Waals surface area (Å²) in [5.41, 5.74) is 2.25. The first-order valence-corrected chi connectivity index (χ1v) is 8.21. The van der Waals surface area contributed by atoms with Gasteiger partial charge in [-0.1, -0.05) is 30.3 Å². The summed E-state index contributed by atoms with van der Waals surface area (Å²) in [6, 6.07) is 12.8. The van der Waals surface area contributed by atoms with E-state index in [4.69, 9.17) is 0 Å². The third kappa shape index (κ3) is 2.30. The highest BCUT2D eigenvalue weighted by Crippen LogP contribution is 2.28. The first kappa shape index (κ1) is 16.1. The Morgan fingerprint density at radius 2 is 1.58 bits per heavy atom. The number of para-hydroxylation sites is 1. The smallest absolute Gasteiger partial charge is 0.327 e. The summed E-state index contributed by atoms with van der Waals surface area (Å²) in [6.07, 6.45) is 1.90. The van der Waals surface area contributed by atoms with Gasteiger partial charge in [0.2, 0.25) is 0 Å². The van der Waals surface area contributed by atoms with Crippen LogP contribution in [0, 0.1) is 0 Å². The summed E-state index contributed by atoms with van der Waals surface area (Å²) in [7, 11) is 1.88. The molecular formula is C20H16N2O4. The van der Waals surface area contributed by atoms with Crippen molar-refractivity contribution in [3.05, 3.63) is 71.4 Å². The van der Waals surface area contributed by atoms with Crippen LogP contribution in [0.4, 0.5) is 0 Å². The number of hydrogen-bond acceptors (Lipinski definition) is 3. The molecule has 1 aliphatic rings. The Morgan fingerprint density at radius 1 is 1.00 bits per heavy atom. The van der Waals surface area contributed by atoms with Crippen LogP contribution in [-0.2, 0) is 18.3 Å². The van der Waals surface area contributed by atoms with Gasteiger partial charge >= 0.3 is 5.97 Å². The molecule has 2 amide bonds. The molecule has 1 unspecified atom stereocenters. The van der Waals surface area contributed by atoms with Gasteiger partial charge < -0.3 is 9.67 Å². The molecule has 6 nitrogen and oxygen atoms in total. The van der Waals surface area contributed by atoms with Crippen LogP contribution in [0.3, 0.4) is 0 Å². The Balaban J connectivity index is 1.75. The average molecular weight is 348 g/mol. The third-order valence-electron chi connectivity index (χ3n) is 4.81. The van der Waals surface area contributed by atoms with Crippen molar-refractivity contribution in [1.29, 1.82) is 0 Å². The Kier molecular flexibility index (Phi) is 3.61. The quantitative estimate of drug-likeness (QED) is 0.735. The third-order valence-corrected chi connectivity index (χ3v) is 4.81. The van der Waals surface area contributed by atoms with Crippen molar-refractivity contribution in [2.24, 2.45) is 7.05 Å². The predicted molar refractivity (Wildman–Crippen MR) is 95.0 cm³/mol. The molecule has 0 spiro atoms. The lowest BCUT2D eigenvalue weighted by atomic mass is 10.0. The van der Waals surface area contributed by atoms with Crippen molar-refractivity contribution < 1.29 is 19.5 Å². The summed E-state index contributed by atoms with van der Waals surface area (Å²) in [4.78, 5) is 38.1. The number of rotatable bonds is 4. The molecule has 1 N–H and O–H groups in total. The van der Waals surface area contributed by atoms with Crippen LogP contribution in [0.2, 0.25) is 0 Å². The minimum atomic E-state index is -1.26. The van der Waals surface area contributed by atoms with E-state index in [0.717, 1.165) is 21.4 Å². The van der Waals surface area contributed by atoms with E-state index < -0.39 is 23.8 Å². The van der Waals surface area contributed by atoms with E-state index in [9.17, 15) is 19.5 Å². The second kappa shape index (κ2) is 5.84. The van der Waals surface area contributed by atoms with Gasteiger partial charge in [0.25, 0.3) is 11.8 Å². The zero-order chi connectivity index (χ0) is 18.4.